The van der Waals surface area contributed by atoms with Crippen LogP contribution in [0.1, 0.15) is 66.9 Å². The molecule has 2 aromatic rings. The van der Waals surface area contributed by atoms with E-state index in [1.807, 2.05) is 55.5 Å². The lowest BCUT2D eigenvalue weighted by atomic mass is 9.84. The minimum Gasteiger partial charge on any atom is -0.423 e. The third kappa shape index (κ3) is 4.85. The van der Waals surface area contributed by atoms with Gasteiger partial charge in [0.2, 0.25) is 0 Å². The van der Waals surface area contributed by atoms with Crippen LogP contribution in [-0.2, 0) is 0 Å². The Hall–Kier alpha value is -2.35. The maximum Gasteiger partial charge on any atom is 0.343 e. The molecule has 0 spiro atoms. The number of carbonyl (C=O) groups is 1. The molecular weight excluding hydrogens is 320 g/mol. The molecule has 3 rings (SSSR count). The summed E-state index contributed by atoms with van der Waals surface area (Å²) in [5.41, 5.74) is 4.38. The number of carbonyl (C=O) groups excluding carboxylic acids is 1. The van der Waals surface area contributed by atoms with Gasteiger partial charge in [-0.25, -0.2) is 4.79 Å². The van der Waals surface area contributed by atoms with Gasteiger partial charge in [0.1, 0.15) is 5.75 Å². The minimum absolute atomic E-state index is 0.308. The zero-order valence-electron chi connectivity index (χ0n) is 15.8. The van der Waals surface area contributed by atoms with Gasteiger partial charge in [0.05, 0.1) is 5.56 Å². The molecule has 0 aromatic heterocycles. The number of hydrogen-bond acceptors (Lipinski definition) is 2. The van der Waals surface area contributed by atoms with Crippen molar-refractivity contribution in [3.63, 3.8) is 0 Å². The van der Waals surface area contributed by atoms with E-state index in [9.17, 15) is 4.79 Å². The van der Waals surface area contributed by atoms with Gasteiger partial charge in [0.25, 0.3) is 0 Å². The molecule has 0 heterocycles. The molecule has 136 valence electrons. The average Bonchev–Trinajstić information content (AvgIpc) is 2.68. The zero-order chi connectivity index (χ0) is 18.4. The average molecular weight is 348 g/mol. The van der Waals surface area contributed by atoms with Crippen LogP contribution in [0.25, 0.3) is 5.57 Å². The van der Waals surface area contributed by atoms with Crippen molar-refractivity contribution in [2.24, 2.45) is 5.92 Å². The molecule has 26 heavy (non-hydrogen) atoms. The first kappa shape index (κ1) is 18.4. The number of rotatable bonds is 6. The highest BCUT2D eigenvalue weighted by Crippen LogP contribution is 2.32. The summed E-state index contributed by atoms with van der Waals surface area (Å²) < 4.78 is 5.44. The van der Waals surface area contributed by atoms with Crippen LogP contribution < -0.4 is 4.74 Å². The van der Waals surface area contributed by atoms with Gasteiger partial charge in [-0.05, 0) is 67.5 Å². The van der Waals surface area contributed by atoms with Crippen molar-refractivity contribution in [3.05, 3.63) is 71.3 Å². The van der Waals surface area contributed by atoms with E-state index in [1.54, 1.807) is 0 Å². The zero-order valence-corrected chi connectivity index (χ0v) is 15.8. The number of benzene rings is 2. The predicted molar refractivity (Wildman–Crippen MR) is 107 cm³/mol. The second kappa shape index (κ2) is 8.84. The van der Waals surface area contributed by atoms with Gasteiger partial charge in [-0.1, -0.05) is 62.1 Å². The third-order valence-electron chi connectivity index (χ3n) is 5.21. The van der Waals surface area contributed by atoms with Crippen LogP contribution >= 0.6 is 0 Å². The molecule has 0 saturated carbocycles. The molecular formula is C24H28O2. The van der Waals surface area contributed by atoms with Gasteiger partial charge in [-0.3, -0.25) is 0 Å². The van der Waals surface area contributed by atoms with Gasteiger partial charge >= 0.3 is 5.97 Å². The molecule has 1 aliphatic rings. The summed E-state index contributed by atoms with van der Waals surface area (Å²) in [6.07, 6.45) is 9.98. The van der Waals surface area contributed by atoms with E-state index in [-0.39, 0.29) is 5.97 Å². The molecule has 2 aromatic carbocycles. The number of aryl methyl sites for hydroxylation is 1. The number of hydrogen-bond donors (Lipinski definition) is 0. The quantitative estimate of drug-likeness (QED) is 0.435. The molecule has 0 saturated heterocycles. The summed E-state index contributed by atoms with van der Waals surface area (Å²) in [6.45, 7) is 4.27. The van der Waals surface area contributed by atoms with Gasteiger partial charge in [0, 0.05) is 0 Å². The van der Waals surface area contributed by atoms with Crippen molar-refractivity contribution in [2.75, 3.05) is 0 Å². The van der Waals surface area contributed by atoms with E-state index < -0.39 is 0 Å². The first-order valence-electron chi connectivity index (χ1n) is 9.74. The largest absolute Gasteiger partial charge is 0.423 e. The molecule has 1 aliphatic carbocycles. The lowest BCUT2D eigenvalue weighted by Crippen LogP contribution is -2.09. The summed E-state index contributed by atoms with van der Waals surface area (Å²) in [6, 6.07) is 15.4. The Morgan fingerprint density at radius 3 is 2.42 bits per heavy atom. The van der Waals surface area contributed by atoms with Crippen molar-refractivity contribution in [3.8, 4) is 5.75 Å². The van der Waals surface area contributed by atoms with E-state index in [0.29, 0.717) is 11.3 Å². The molecule has 0 amide bonds. The molecule has 0 fully saturated rings. The van der Waals surface area contributed by atoms with Crippen LogP contribution in [0.2, 0.25) is 0 Å². The monoisotopic (exact) mass is 348 g/mol. The third-order valence-corrected chi connectivity index (χ3v) is 5.21. The highest BCUT2D eigenvalue weighted by atomic mass is 16.5. The summed E-state index contributed by atoms with van der Waals surface area (Å²) in [7, 11) is 0. The molecule has 1 unspecified atom stereocenters. The Morgan fingerprint density at radius 2 is 1.81 bits per heavy atom. The van der Waals surface area contributed by atoms with E-state index in [0.717, 1.165) is 17.9 Å². The maximum atomic E-state index is 12.3. The Bertz CT molecular complexity index is 754. The number of esters is 1. The summed E-state index contributed by atoms with van der Waals surface area (Å²) in [5.74, 6) is 1.12. The van der Waals surface area contributed by atoms with E-state index in [1.165, 1.54) is 43.2 Å². The molecule has 2 heteroatoms. The van der Waals surface area contributed by atoms with Crippen molar-refractivity contribution in [1.82, 2.24) is 0 Å². The Kier molecular flexibility index (Phi) is 6.27. The van der Waals surface area contributed by atoms with Gasteiger partial charge in [-0.15, -0.1) is 0 Å². The van der Waals surface area contributed by atoms with E-state index >= 15 is 0 Å². The lowest BCUT2D eigenvalue weighted by molar-refractivity contribution is 0.0734. The van der Waals surface area contributed by atoms with Gasteiger partial charge in [0.15, 0.2) is 0 Å². The van der Waals surface area contributed by atoms with Crippen LogP contribution in [0.4, 0.5) is 0 Å². The summed E-state index contributed by atoms with van der Waals surface area (Å²) >= 11 is 0. The predicted octanol–water partition coefficient (Wildman–Crippen LogP) is 6.59. The smallest absolute Gasteiger partial charge is 0.343 e. The molecule has 0 radical (unpaired) electrons. The van der Waals surface area contributed by atoms with Crippen LogP contribution in [0, 0.1) is 12.8 Å². The van der Waals surface area contributed by atoms with Crippen molar-refractivity contribution >= 4 is 11.5 Å². The second-order valence-electron chi connectivity index (χ2n) is 7.29. The standard InChI is InChI=1S/C24H28O2/c1-3-4-5-19-8-10-20(11-9-19)21-12-14-22(15-13-21)24(25)26-23-16-6-18(2)7-17-23/h6-7,10,12-17,19H,3-5,8-9,11H2,1-2H3. The van der Waals surface area contributed by atoms with Crippen LogP contribution in [0.3, 0.4) is 0 Å². The van der Waals surface area contributed by atoms with Crippen LogP contribution in [0.15, 0.2) is 54.6 Å². The van der Waals surface area contributed by atoms with Crippen molar-refractivity contribution in [2.45, 2.75) is 52.4 Å². The Labute approximate surface area is 156 Å². The number of unbranched alkanes of at least 4 members (excludes halogenated alkanes) is 1. The fourth-order valence-electron chi connectivity index (χ4n) is 3.50. The molecule has 1 atom stereocenters. The topological polar surface area (TPSA) is 26.3 Å². The molecule has 0 N–H and O–H groups in total. The molecule has 2 nitrogen and oxygen atoms in total. The first-order valence-corrected chi connectivity index (χ1v) is 9.74. The fourth-order valence-corrected chi connectivity index (χ4v) is 3.50. The Balaban J connectivity index is 1.60. The Morgan fingerprint density at radius 1 is 1.08 bits per heavy atom. The first-order chi connectivity index (χ1) is 12.7. The van der Waals surface area contributed by atoms with Crippen molar-refractivity contribution < 1.29 is 9.53 Å². The SMILES string of the molecule is CCCCC1CC=C(c2ccc(C(=O)Oc3ccc(C)cc3)cc2)CC1. The fraction of sp³-hybridized carbons (Fsp3) is 0.375. The highest BCUT2D eigenvalue weighted by Gasteiger charge is 2.15. The second-order valence-corrected chi connectivity index (χ2v) is 7.29. The maximum absolute atomic E-state index is 12.3. The number of ether oxygens (including phenoxy) is 1. The minimum atomic E-state index is -0.308. The highest BCUT2D eigenvalue weighted by molar-refractivity contribution is 5.91. The summed E-state index contributed by atoms with van der Waals surface area (Å²) in [4.78, 5) is 12.3. The van der Waals surface area contributed by atoms with Crippen LogP contribution in [0.5, 0.6) is 5.75 Å². The molecule has 0 aliphatic heterocycles. The summed E-state index contributed by atoms with van der Waals surface area (Å²) in [5, 5.41) is 0. The normalized spacial score (nSPS) is 16.8. The van der Waals surface area contributed by atoms with Gasteiger partial charge < -0.3 is 4.74 Å². The molecule has 0 bridgehead atoms. The number of allylic oxidation sites excluding steroid dienone is 2. The lowest BCUT2D eigenvalue weighted by Gasteiger charge is -2.22. The van der Waals surface area contributed by atoms with Gasteiger partial charge in [-0.2, -0.15) is 0 Å². The van der Waals surface area contributed by atoms with E-state index in [2.05, 4.69) is 13.0 Å². The van der Waals surface area contributed by atoms with E-state index in [4.69, 9.17) is 4.74 Å². The van der Waals surface area contributed by atoms with Crippen LogP contribution in [-0.4, -0.2) is 5.97 Å². The van der Waals surface area contributed by atoms with Crippen molar-refractivity contribution in [1.29, 1.82) is 0 Å².